The summed E-state index contributed by atoms with van der Waals surface area (Å²) in [6.07, 6.45) is -3.32. The summed E-state index contributed by atoms with van der Waals surface area (Å²) < 4.78 is 110. The summed E-state index contributed by atoms with van der Waals surface area (Å²) in [6, 6.07) is 4.67. The fraction of sp³-hybridized carbons (Fsp3) is 0.462. The second-order valence-electron chi connectivity index (χ2n) is 8.93. The van der Waals surface area contributed by atoms with Crippen LogP contribution in [0, 0.1) is 23.4 Å². The number of benzene rings is 2. The first-order valence-electron chi connectivity index (χ1n) is 11.4. The number of aryl methyl sites for hydroxylation is 1. The molecule has 0 radical (unpaired) electrons. The van der Waals surface area contributed by atoms with Crippen LogP contribution in [0.5, 0.6) is 0 Å². The predicted molar refractivity (Wildman–Crippen MR) is 115 cm³/mol. The van der Waals surface area contributed by atoms with Crippen molar-refractivity contribution in [1.29, 1.82) is 0 Å². The normalized spacial score (nSPS) is 19.1. The van der Waals surface area contributed by atoms with E-state index in [9.17, 15) is 35.1 Å². The minimum Gasteiger partial charge on any atom is -0.222 e. The van der Waals surface area contributed by atoms with Gasteiger partial charge < -0.3 is 0 Å². The Morgan fingerprint density at radius 2 is 1.49 bits per heavy atom. The lowest BCUT2D eigenvalue weighted by atomic mass is 9.77. The van der Waals surface area contributed by atoms with Crippen LogP contribution >= 0.6 is 0 Å². The van der Waals surface area contributed by atoms with Crippen LogP contribution in [0.3, 0.4) is 0 Å². The smallest absolute Gasteiger partial charge is 0.222 e. The lowest BCUT2D eigenvalue weighted by molar-refractivity contribution is -0.432. The third-order valence-corrected chi connectivity index (χ3v) is 6.52. The van der Waals surface area contributed by atoms with Gasteiger partial charge in [0, 0.05) is 5.56 Å². The summed E-state index contributed by atoms with van der Waals surface area (Å²) in [4.78, 5) is 0. The number of alkyl halides is 5. The van der Waals surface area contributed by atoms with E-state index >= 15 is 0 Å². The molecule has 0 heterocycles. The SMILES string of the molecule is C=CCCC1CCC(c2cc(F)c(CCc3ccc(C(F)(F)OC(F)(F)F)c(F)c3)c(F)c2)CC1. The van der Waals surface area contributed by atoms with Crippen molar-refractivity contribution in [2.75, 3.05) is 0 Å². The van der Waals surface area contributed by atoms with Crippen molar-refractivity contribution >= 4 is 0 Å². The Balaban J connectivity index is 1.65. The zero-order valence-electron chi connectivity index (χ0n) is 18.9. The topological polar surface area (TPSA) is 9.23 Å². The first-order chi connectivity index (χ1) is 16.4. The minimum atomic E-state index is -5.67. The van der Waals surface area contributed by atoms with E-state index in [4.69, 9.17) is 0 Å². The predicted octanol–water partition coefficient (Wildman–Crippen LogP) is 8.71. The molecule has 1 nitrogen and oxygen atoms in total. The van der Waals surface area contributed by atoms with Crippen molar-refractivity contribution in [3.05, 3.63) is 82.7 Å². The minimum absolute atomic E-state index is 0.0651. The average Bonchev–Trinajstić information content (AvgIpc) is 2.75. The zero-order valence-corrected chi connectivity index (χ0v) is 18.9. The quantitative estimate of drug-likeness (QED) is 0.244. The summed E-state index contributed by atoms with van der Waals surface area (Å²) in [5.74, 6) is -2.44. The summed E-state index contributed by atoms with van der Waals surface area (Å²) in [5, 5.41) is 0. The van der Waals surface area contributed by atoms with Gasteiger partial charge in [-0.15, -0.1) is 19.8 Å². The second-order valence-corrected chi connectivity index (χ2v) is 8.93. The second kappa shape index (κ2) is 11.1. The first-order valence-corrected chi connectivity index (χ1v) is 11.4. The Morgan fingerprint density at radius 1 is 0.857 bits per heavy atom. The van der Waals surface area contributed by atoms with Crippen LogP contribution in [-0.2, 0) is 23.7 Å². The van der Waals surface area contributed by atoms with Gasteiger partial charge in [-0.1, -0.05) is 12.1 Å². The molecule has 1 saturated carbocycles. The van der Waals surface area contributed by atoms with Gasteiger partial charge in [0.15, 0.2) is 0 Å². The molecule has 0 unspecified atom stereocenters. The maximum atomic E-state index is 14.7. The maximum absolute atomic E-state index is 14.7. The molecule has 0 amide bonds. The van der Waals surface area contributed by atoms with Crippen molar-refractivity contribution in [2.24, 2.45) is 5.92 Å². The highest BCUT2D eigenvalue weighted by Gasteiger charge is 2.47. The molecule has 0 spiro atoms. The highest BCUT2D eigenvalue weighted by atomic mass is 19.4. The summed E-state index contributed by atoms with van der Waals surface area (Å²) in [5.41, 5.74) is -1.12. The van der Waals surface area contributed by atoms with Gasteiger partial charge in [-0.2, -0.15) is 8.78 Å². The lowest BCUT2D eigenvalue weighted by Gasteiger charge is -2.29. The van der Waals surface area contributed by atoms with E-state index < -0.39 is 35.5 Å². The van der Waals surface area contributed by atoms with E-state index in [1.165, 1.54) is 12.1 Å². The molecule has 0 atom stereocenters. The largest absolute Gasteiger partial charge is 0.527 e. The molecule has 0 aromatic heterocycles. The fourth-order valence-corrected chi connectivity index (χ4v) is 4.65. The van der Waals surface area contributed by atoms with E-state index in [0.717, 1.165) is 44.6 Å². The number of halogens is 8. The van der Waals surface area contributed by atoms with Gasteiger partial charge in [0.05, 0.1) is 5.56 Å². The van der Waals surface area contributed by atoms with Gasteiger partial charge in [-0.25, -0.2) is 17.9 Å². The molecule has 192 valence electrons. The van der Waals surface area contributed by atoms with Crippen LogP contribution < -0.4 is 0 Å². The average molecular weight is 506 g/mol. The molecular weight excluding hydrogens is 480 g/mol. The number of hydrogen-bond acceptors (Lipinski definition) is 1. The molecular formula is C26H26F8O. The number of allylic oxidation sites excluding steroid dienone is 1. The number of ether oxygens (including phenoxy) is 1. The van der Waals surface area contributed by atoms with Gasteiger partial charge in [0.25, 0.3) is 0 Å². The van der Waals surface area contributed by atoms with E-state index in [1.807, 2.05) is 6.08 Å². The van der Waals surface area contributed by atoms with Crippen LogP contribution in [-0.4, -0.2) is 6.36 Å². The molecule has 35 heavy (non-hydrogen) atoms. The molecule has 1 fully saturated rings. The summed E-state index contributed by atoms with van der Waals surface area (Å²) >= 11 is 0. The molecule has 0 bridgehead atoms. The van der Waals surface area contributed by atoms with Crippen LogP contribution in [0.1, 0.15) is 66.7 Å². The first kappa shape index (κ1) is 27.2. The van der Waals surface area contributed by atoms with Crippen LogP contribution in [0.25, 0.3) is 0 Å². The van der Waals surface area contributed by atoms with Gasteiger partial charge in [-0.3, -0.25) is 0 Å². The molecule has 2 aromatic rings. The molecule has 1 aliphatic rings. The molecule has 9 heteroatoms. The lowest BCUT2D eigenvalue weighted by Crippen LogP contribution is -2.28. The maximum Gasteiger partial charge on any atom is 0.527 e. The van der Waals surface area contributed by atoms with E-state index in [-0.39, 0.29) is 29.9 Å². The Morgan fingerprint density at radius 3 is 2.03 bits per heavy atom. The van der Waals surface area contributed by atoms with Crippen molar-refractivity contribution in [1.82, 2.24) is 0 Å². The van der Waals surface area contributed by atoms with Gasteiger partial charge in [-0.05, 0) is 98.6 Å². The number of hydrogen-bond donors (Lipinski definition) is 0. The third kappa shape index (κ3) is 7.29. The summed E-state index contributed by atoms with van der Waals surface area (Å²) in [6.45, 7) is 3.72. The molecule has 0 aliphatic heterocycles. The highest BCUT2D eigenvalue weighted by molar-refractivity contribution is 5.31. The van der Waals surface area contributed by atoms with Crippen LogP contribution in [0.4, 0.5) is 35.1 Å². The van der Waals surface area contributed by atoms with Crippen molar-refractivity contribution in [2.45, 2.75) is 69.8 Å². The van der Waals surface area contributed by atoms with Gasteiger partial charge >= 0.3 is 12.5 Å². The third-order valence-electron chi connectivity index (χ3n) is 6.52. The van der Waals surface area contributed by atoms with E-state index in [0.29, 0.717) is 23.6 Å². The Bertz CT molecular complexity index is 999. The van der Waals surface area contributed by atoms with Crippen molar-refractivity contribution in [3.63, 3.8) is 0 Å². The van der Waals surface area contributed by atoms with Crippen LogP contribution in [0.2, 0.25) is 0 Å². The fourth-order valence-electron chi connectivity index (χ4n) is 4.65. The zero-order chi connectivity index (χ0) is 25.8. The molecule has 1 aliphatic carbocycles. The monoisotopic (exact) mass is 506 g/mol. The standard InChI is InChI=1S/C26H26F8O/c1-2-3-4-16-5-9-18(10-6-16)19-14-22(27)20(23(28)15-19)11-7-17-8-12-21(24(29)13-17)25(30,31)35-26(32,33)34/h2,8,12-16,18H,1,3-7,9-11H2. The molecule has 0 N–H and O–H groups in total. The van der Waals surface area contributed by atoms with Crippen LogP contribution in [0.15, 0.2) is 43.0 Å². The molecule has 0 saturated heterocycles. The van der Waals surface area contributed by atoms with E-state index in [2.05, 4.69) is 11.3 Å². The van der Waals surface area contributed by atoms with Crippen molar-refractivity contribution < 1.29 is 39.9 Å². The Labute approximate surface area is 198 Å². The Hall–Kier alpha value is -2.42. The Kier molecular flexibility index (Phi) is 8.62. The van der Waals surface area contributed by atoms with Crippen molar-refractivity contribution in [3.8, 4) is 0 Å². The molecule has 3 rings (SSSR count). The summed E-state index contributed by atoms with van der Waals surface area (Å²) in [7, 11) is 0. The van der Waals surface area contributed by atoms with E-state index in [1.54, 1.807) is 0 Å². The highest BCUT2D eigenvalue weighted by Crippen LogP contribution is 2.39. The molecule has 2 aromatic carbocycles. The van der Waals surface area contributed by atoms with Gasteiger partial charge in [0.2, 0.25) is 0 Å². The number of rotatable bonds is 9. The van der Waals surface area contributed by atoms with Gasteiger partial charge in [0.1, 0.15) is 17.5 Å².